The highest BCUT2D eigenvalue weighted by molar-refractivity contribution is 7.85. The highest BCUT2D eigenvalue weighted by Crippen LogP contribution is 2.22. The minimum atomic E-state index is -4.38. The second kappa shape index (κ2) is 4.20. The first-order chi connectivity index (χ1) is 7.97. The molecule has 0 aliphatic rings. The van der Waals surface area contributed by atoms with Gasteiger partial charge in [-0.2, -0.15) is 0 Å². The van der Waals surface area contributed by atoms with Crippen molar-refractivity contribution < 1.29 is 13.0 Å². The van der Waals surface area contributed by atoms with Gasteiger partial charge < -0.3 is 10.3 Å². The Morgan fingerprint density at radius 2 is 1.24 bits per heavy atom. The molecule has 0 aromatic heterocycles. The number of rotatable bonds is 2. The summed E-state index contributed by atoms with van der Waals surface area (Å²) in [6, 6.07) is 13.0. The molecular formula is C12H10NO3S-. The van der Waals surface area contributed by atoms with Crippen molar-refractivity contribution in [2.45, 2.75) is 4.90 Å². The van der Waals surface area contributed by atoms with Crippen LogP contribution in [0.1, 0.15) is 0 Å². The minimum Gasteiger partial charge on any atom is -0.744 e. The largest absolute Gasteiger partial charge is 0.744 e. The first-order valence-electron chi connectivity index (χ1n) is 4.89. The van der Waals surface area contributed by atoms with Crippen molar-refractivity contribution >= 4 is 15.8 Å². The fourth-order valence-corrected chi connectivity index (χ4v) is 1.96. The highest BCUT2D eigenvalue weighted by atomic mass is 32.2. The van der Waals surface area contributed by atoms with Gasteiger partial charge in [0.1, 0.15) is 10.1 Å². The molecule has 88 valence electrons. The molecule has 5 heteroatoms. The summed E-state index contributed by atoms with van der Waals surface area (Å²) in [5.74, 6) is 0. The van der Waals surface area contributed by atoms with Crippen molar-refractivity contribution in [3.63, 3.8) is 0 Å². The number of nitrogen functional groups attached to an aromatic ring is 1. The molecule has 0 fully saturated rings. The lowest BCUT2D eigenvalue weighted by molar-refractivity contribution is 0.463. The van der Waals surface area contributed by atoms with E-state index in [1.165, 1.54) is 12.1 Å². The molecule has 0 radical (unpaired) electrons. The van der Waals surface area contributed by atoms with Gasteiger partial charge in [-0.05, 0) is 35.4 Å². The molecular weight excluding hydrogens is 238 g/mol. The van der Waals surface area contributed by atoms with Crippen LogP contribution in [0.25, 0.3) is 11.1 Å². The van der Waals surface area contributed by atoms with Gasteiger partial charge in [0, 0.05) is 5.69 Å². The van der Waals surface area contributed by atoms with Crippen LogP contribution in [-0.4, -0.2) is 13.0 Å². The van der Waals surface area contributed by atoms with E-state index >= 15 is 0 Å². The van der Waals surface area contributed by atoms with E-state index in [9.17, 15) is 13.0 Å². The highest BCUT2D eigenvalue weighted by Gasteiger charge is 2.02. The molecule has 0 unspecified atom stereocenters. The van der Waals surface area contributed by atoms with Crippen molar-refractivity contribution in [1.82, 2.24) is 0 Å². The van der Waals surface area contributed by atoms with Crippen LogP contribution in [0.3, 0.4) is 0 Å². The molecule has 0 aliphatic carbocycles. The van der Waals surface area contributed by atoms with E-state index in [1.54, 1.807) is 24.3 Å². The quantitative estimate of drug-likeness (QED) is 0.649. The summed E-state index contributed by atoms with van der Waals surface area (Å²) in [6.07, 6.45) is 0. The van der Waals surface area contributed by atoms with Gasteiger partial charge >= 0.3 is 0 Å². The first-order valence-corrected chi connectivity index (χ1v) is 6.29. The monoisotopic (exact) mass is 248 g/mol. The normalized spacial score (nSPS) is 11.4. The molecule has 0 atom stereocenters. The molecule has 2 rings (SSSR count). The van der Waals surface area contributed by atoms with Crippen LogP contribution in [-0.2, 0) is 10.1 Å². The summed E-state index contributed by atoms with van der Waals surface area (Å²) >= 11 is 0. The van der Waals surface area contributed by atoms with E-state index < -0.39 is 10.1 Å². The number of hydrogen-bond acceptors (Lipinski definition) is 4. The van der Waals surface area contributed by atoms with Gasteiger partial charge in [0.15, 0.2) is 0 Å². The lowest BCUT2D eigenvalue weighted by Crippen LogP contribution is -1.97. The van der Waals surface area contributed by atoms with Crippen molar-refractivity contribution in [3.05, 3.63) is 48.5 Å². The van der Waals surface area contributed by atoms with Crippen molar-refractivity contribution in [2.75, 3.05) is 5.73 Å². The summed E-state index contributed by atoms with van der Waals surface area (Å²) in [7, 11) is -4.38. The van der Waals surface area contributed by atoms with Gasteiger partial charge in [-0.3, -0.25) is 0 Å². The predicted octanol–water partition coefficient (Wildman–Crippen LogP) is 1.84. The summed E-state index contributed by atoms with van der Waals surface area (Å²) in [5.41, 5.74) is 7.97. The summed E-state index contributed by atoms with van der Waals surface area (Å²) in [6.45, 7) is 0. The molecule has 2 N–H and O–H groups in total. The van der Waals surface area contributed by atoms with E-state index in [1.807, 2.05) is 12.1 Å². The maximum atomic E-state index is 10.8. The fourth-order valence-electron chi connectivity index (χ4n) is 1.49. The topological polar surface area (TPSA) is 83.2 Å². The molecule has 0 spiro atoms. The lowest BCUT2D eigenvalue weighted by Gasteiger charge is -2.08. The molecule has 17 heavy (non-hydrogen) atoms. The number of hydrogen-bond donors (Lipinski definition) is 1. The Hall–Kier alpha value is -1.85. The SMILES string of the molecule is Nc1ccc(-c2ccc(S(=O)(=O)[O-])cc2)cc1. The van der Waals surface area contributed by atoms with Gasteiger partial charge in [-0.15, -0.1) is 0 Å². The van der Waals surface area contributed by atoms with Crippen LogP contribution >= 0.6 is 0 Å². The minimum absolute atomic E-state index is 0.225. The average molecular weight is 248 g/mol. The smallest absolute Gasteiger partial charge is 0.124 e. The van der Waals surface area contributed by atoms with Crippen LogP contribution in [0.4, 0.5) is 5.69 Å². The van der Waals surface area contributed by atoms with Gasteiger partial charge in [0.05, 0.1) is 4.90 Å². The van der Waals surface area contributed by atoms with E-state index in [4.69, 9.17) is 5.73 Å². The van der Waals surface area contributed by atoms with Gasteiger partial charge in [-0.1, -0.05) is 24.3 Å². The number of benzene rings is 2. The standard InChI is InChI=1S/C12H11NO3S/c13-11-5-1-9(2-6-11)10-3-7-12(8-4-10)17(14,15)16/h1-8H,13H2,(H,14,15,16)/p-1. The molecule has 2 aromatic rings. The third kappa shape index (κ3) is 2.64. The molecule has 0 saturated heterocycles. The van der Waals surface area contributed by atoms with Crippen molar-refractivity contribution in [2.24, 2.45) is 0 Å². The van der Waals surface area contributed by atoms with E-state index in [2.05, 4.69) is 0 Å². The number of nitrogens with two attached hydrogens (primary N) is 1. The molecule has 0 aliphatic heterocycles. The Bertz CT molecular complexity index is 616. The van der Waals surface area contributed by atoms with Crippen LogP contribution in [0.5, 0.6) is 0 Å². The number of anilines is 1. The Balaban J connectivity index is 2.39. The van der Waals surface area contributed by atoms with Crippen LogP contribution in [0, 0.1) is 0 Å². The fraction of sp³-hybridized carbons (Fsp3) is 0. The molecule has 4 nitrogen and oxygen atoms in total. The van der Waals surface area contributed by atoms with E-state index in [0.29, 0.717) is 5.69 Å². The molecule has 2 aromatic carbocycles. The lowest BCUT2D eigenvalue weighted by atomic mass is 10.1. The maximum Gasteiger partial charge on any atom is 0.124 e. The molecule has 0 bridgehead atoms. The second-order valence-corrected chi connectivity index (χ2v) is 4.98. The van der Waals surface area contributed by atoms with E-state index in [-0.39, 0.29) is 4.90 Å². The van der Waals surface area contributed by atoms with E-state index in [0.717, 1.165) is 11.1 Å². The molecule has 0 amide bonds. The van der Waals surface area contributed by atoms with Crippen molar-refractivity contribution in [1.29, 1.82) is 0 Å². The molecule has 0 heterocycles. The third-order valence-corrected chi connectivity index (χ3v) is 3.24. The van der Waals surface area contributed by atoms with Crippen molar-refractivity contribution in [3.8, 4) is 11.1 Å². The maximum absolute atomic E-state index is 10.8. The zero-order valence-electron chi connectivity index (χ0n) is 8.83. The predicted molar refractivity (Wildman–Crippen MR) is 64.3 cm³/mol. The Kier molecular flexibility index (Phi) is 2.87. The second-order valence-electron chi connectivity index (χ2n) is 3.60. The van der Waals surface area contributed by atoms with Gasteiger partial charge in [-0.25, -0.2) is 8.42 Å². The average Bonchev–Trinajstić information content (AvgIpc) is 2.29. The summed E-state index contributed by atoms with van der Waals surface area (Å²) in [5, 5.41) is 0. The van der Waals surface area contributed by atoms with Crippen LogP contribution in [0.2, 0.25) is 0 Å². The Morgan fingerprint density at radius 3 is 1.65 bits per heavy atom. The zero-order chi connectivity index (χ0) is 12.5. The Labute approximate surface area is 99.5 Å². The summed E-state index contributed by atoms with van der Waals surface area (Å²) < 4.78 is 32.3. The van der Waals surface area contributed by atoms with Crippen LogP contribution in [0.15, 0.2) is 53.4 Å². The summed E-state index contributed by atoms with van der Waals surface area (Å²) in [4.78, 5) is -0.225. The third-order valence-electron chi connectivity index (χ3n) is 2.39. The van der Waals surface area contributed by atoms with Gasteiger partial charge in [0.25, 0.3) is 0 Å². The first kappa shape index (κ1) is 11.6. The molecule has 0 saturated carbocycles. The van der Waals surface area contributed by atoms with Gasteiger partial charge in [0.2, 0.25) is 0 Å². The Morgan fingerprint density at radius 1 is 0.824 bits per heavy atom. The van der Waals surface area contributed by atoms with Crippen LogP contribution < -0.4 is 5.73 Å². The zero-order valence-corrected chi connectivity index (χ0v) is 9.65.